The van der Waals surface area contributed by atoms with Crippen LogP contribution >= 0.6 is 0 Å². The third-order valence-electron chi connectivity index (χ3n) is 1.91. The molecule has 0 aromatic rings. The van der Waals surface area contributed by atoms with Gasteiger partial charge in [-0.15, -0.1) is 0 Å². The zero-order valence-electron chi connectivity index (χ0n) is 6.84. The van der Waals surface area contributed by atoms with E-state index in [1.54, 1.807) is 7.05 Å². The molecule has 1 fully saturated rings. The Balaban J connectivity index is 2.48. The number of aliphatic hydroxyl groups excluding tert-OH is 3. The third kappa shape index (κ3) is 1.78. The first kappa shape index (κ1) is 9.95. The Morgan fingerprint density at radius 3 is 2.50 bits per heavy atom. The lowest BCUT2D eigenvalue weighted by Crippen LogP contribution is -2.39. The molecule has 12 heavy (non-hydrogen) atoms. The minimum absolute atomic E-state index is 0.285. The highest BCUT2D eigenvalue weighted by Gasteiger charge is 2.41. The Morgan fingerprint density at radius 2 is 2.08 bits per heavy atom. The molecule has 0 saturated carbocycles. The fourth-order valence-electron chi connectivity index (χ4n) is 1.23. The first-order chi connectivity index (χ1) is 5.70. The van der Waals surface area contributed by atoms with Gasteiger partial charge in [0.05, 0.1) is 12.6 Å². The van der Waals surface area contributed by atoms with E-state index in [-0.39, 0.29) is 6.61 Å². The van der Waals surface area contributed by atoms with E-state index in [0.717, 1.165) is 0 Å². The summed E-state index contributed by atoms with van der Waals surface area (Å²) in [6.45, 7) is -0.285. The molecule has 5 nitrogen and oxygen atoms in total. The maximum atomic E-state index is 9.33. The van der Waals surface area contributed by atoms with E-state index in [9.17, 15) is 10.2 Å². The van der Waals surface area contributed by atoms with Gasteiger partial charge in [0.2, 0.25) is 7.41 Å². The van der Waals surface area contributed by atoms with Crippen molar-refractivity contribution in [3.05, 3.63) is 0 Å². The van der Waals surface area contributed by atoms with E-state index < -0.39 is 24.3 Å². The molecule has 6 heteroatoms. The fraction of sp³-hybridized carbons (Fsp3) is 1.00. The maximum Gasteiger partial charge on any atom is 0.244 e. The molecular formula is C6H13BNO4. The molecule has 69 valence electrons. The van der Waals surface area contributed by atoms with Crippen LogP contribution in [0.4, 0.5) is 0 Å². The molecule has 0 aliphatic carbocycles. The van der Waals surface area contributed by atoms with Gasteiger partial charge >= 0.3 is 0 Å². The number of hydrogen-bond donors (Lipinski definition) is 4. The number of aliphatic hydroxyl groups is 3. The summed E-state index contributed by atoms with van der Waals surface area (Å²) >= 11 is 0. The second kappa shape index (κ2) is 4.20. The normalized spacial score (nSPS) is 41.7. The number of nitrogens with one attached hydrogen (secondary N) is 1. The Labute approximate surface area is 71.6 Å². The maximum absolute atomic E-state index is 9.33. The van der Waals surface area contributed by atoms with Crippen LogP contribution in [0, 0.1) is 0 Å². The first-order valence-electron chi connectivity index (χ1n) is 3.83. The van der Waals surface area contributed by atoms with Crippen LogP contribution in [0.2, 0.25) is 0 Å². The van der Waals surface area contributed by atoms with Gasteiger partial charge in [0.25, 0.3) is 0 Å². The van der Waals surface area contributed by atoms with Crippen molar-refractivity contribution in [2.45, 2.75) is 24.3 Å². The Morgan fingerprint density at radius 1 is 1.42 bits per heavy atom. The molecule has 0 aromatic heterocycles. The van der Waals surface area contributed by atoms with Crippen LogP contribution in [-0.2, 0) is 4.74 Å². The lowest BCUT2D eigenvalue weighted by Gasteiger charge is -2.11. The van der Waals surface area contributed by atoms with Crippen LogP contribution in [0.3, 0.4) is 0 Å². The lowest BCUT2D eigenvalue weighted by molar-refractivity contribution is -0.00914. The van der Waals surface area contributed by atoms with Crippen molar-refractivity contribution in [2.24, 2.45) is 0 Å². The van der Waals surface area contributed by atoms with Crippen LogP contribution in [0.1, 0.15) is 0 Å². The molecular weight excluding hydrogens is 161 g/mol. The van der Waals surface area contributed by atoms with Gasteiger partial charge < -0.3 is 25.3 Å². The van der Waals surface area contributed by atoms with Crippen molar-refractivity contribution in [1.29, 1.82) is 0 Å². The summed E-state index contributed by atoms with van der Waals surface area (Å²) in [4.78, 5) is 0. The number of rotatable bonds is 3. The fourth-order valence-corrected chi connectivity index (χ4v) is 1.23. The molecule has 0 bridgehead atoms. The molecule has 1 unspecified atom stereocenters. The molecule has 1 saturated heterocycles. The van der Waals surface area contributed by atoms with Crippen LogP contribution in [0.5, 0.6) is 0 Å². The van der Waals surface area contributed by atoms with Crippen molar-refractivity contribution >= 4 is 7.41 Å². The number of hydrogen-bond acceptors (Lipinski definition) is 5. The van der Waals surface area contributed by atoms with Crippen molar-refractivity contribution in [3.8, 4) is 0 Å². The van der Waals surface area contributed by atoms with Gasteiger partial charge in [0, 0.05) is 0 Å². The molecule has 1 heterocycles. The monoisotopic (exact) mass is 174 g/mol. The second-order valence-corrected chi connectivity index (χ2v) is 2.76. The Bertz CT molecular complexity index is 148. The summed E-state index contributed by atoms with van der Waals surface area (Å²) in [6.07, 6.45) is -2.66. The average molecular weight is 174 g/mol. The molecule has 0 aromatic carbocycles. The predicted octanol–water partition coefficient (Wildman–Crippen LogP) is -2.74. The Kier molecular flexibility index (Phi) is 3.48. The predicted molar refractivity (Wildman–Crippen MR) is 42.6 cm³/mol. The van der Waals surface area contributed by atoms with Crippen molar-refractivity contribution in [3.63, 3.8) is 0 Å². The average Bonchev–Trinajstić information content (AvgIpc) is 2.33. The van der Waals surface area contributed by atoms with Gasteiger partial charge in [-0.25, -0.2) is 0 Å². The zero-order chi connectivity index (χ0) is 9.14. The first-order valence-corrected chi connectivity index (χ1v) is 3.83. The van der Waals surface area contributed by atoms with Crippen molar-refractivity contribution in [1.82, 2.24) is 5.23 Å². The van der Waals surface area contributed by atoms with Gasteiger partial charge in [0.15, 0.2) is 0 Å². The largest absolute Gasteiger partial charge is 0.394 e. The van der Waals surface area contributed by atoms with Crippen molar-refractivity contribution < 1.29 is 20.1 Å². The van der Waals surface area contributed by atoms with Crippen LogP contribution in [0.15, 0.2) is 0 Å². The topological polar surface area (TPSA) is 82.0 Å². The lowest BCUT2D eigenvalue weighted by atomic mass is 9.81. The SMILES string of the molecule is CN[B][C@@H]1O[C@H](CO)C(O)[C@@H]1O. The highest BCUT2D eigenvalue weighted by atomic mass is 16.5. The smallest absolute Gasteiger partial charge is 0.244 e. The van der Waals surface area contributed by atoms with Gasteiger partial charge in [-0.05, 0) is 7.05 Å². The molecule has 1 radical (unpaired) electrons. The minimum Gasteiger partial charge on any atom is -0.394 e. The number of ether oxygens (including phenoxy) is 1. The zero-order valence-corrected chi connectivity index (χ0v) is 6.84. The summed E-state index contributed by atoms with van der Waals surface area (Å²) in [7, 11) is 3.21. The van der Waals surface area contributed by atoms with E-state index in [2.05, 4.69) is 5.23 Å². The standard InChI is InChI=1S/C6H13BNO4/c1-8-7-6-5(11)4(10)3(2-9)12-6/h3-6,8-11H,2H2,1H3/t3-,4?,5+,6-/m1/s1. The summed E-state index contributed by atoms with van der Waals surface area (Å²) < 4.78 is 5.11. The quantitative estimate of drug-likeness (QED) is 0.349. The van der Waals surface area contributed by atoms with E-state index in [1.807, 2.05) is 0 Å². The molecule has 1 aliphatic heterocycles. The van der Waals surface area contributed by atoms with E-state index in [1.165, 1.54) is 7.41 Å². The highest BCUT2D eigenvalue weighted by Crippen LogP contribution is 2.19. The van der Waals surface area contributed by atoms with Crippen LogP contribution in [0.25, 0.3) is 0 Å². The summed E-state index contributed by atoms with van der Waals surface area (Å²) in [5.41, 5.74) is 0. The van der Waals surface area contributed by atoms with Crippen LogP contribution in [-0.4, -0.2) is 60.7 Å². The molecule has 4 atom stereocenters. The summed E-state index contributed by atoms with van der Waals surface area (Å²) in [5.74, 6) is 0. The second-order valence-electron chi connectivity index (χ2n) is 2.76. The molecule has 0 amide bonds. The van der Waals surface area contributed by atoms with Gasteiger partial charge in [-0.1, -0.05) is 0 Å². The summed E-state index contributed by atoms with van der Waals surface area (Å²) in [5, 5.41) is 30.0. The van der Waals surface area contributed by atoms with Crippen LogP contribution < -0.4 is 5.23 Å². The van der Waals surface area contributed by atoms with Gasteiger partial charge in [0.1, 0.15) is 18.3 Å². The van der Waals surface area contributed by atoms with Crippen molar-refractivity contribution in [2.75, 3.05) is 13.7 Å². The molecule has 4 N–H and O–H groups in total. The molecule has 0 spiro atoms. The highest BCUT2D eigenvalue weighted by molar-refractivity contribution is 6.34. The van der Waals surface area contributed by atoms with Gasteiger partial charge in [-0.3, -0.25) is 0 Å². The summed E-state index contributed by atoms with van der Waals surface area (Å²) in [6, 6.07) is -0.554. The van der Waals surface area contributed by atoms with Gasteiger partial charge in [-0.2, -0.15) is 0 Å². The molecule has 1 aliphatic rings. The minimum atomic E-state index is -1.01. The third-order valence-corrected chi connectivity index (χ3v) is 1.91. The van der Waals surface area contributed by atoms with E-state index in [0.29, 0.717) is 0 Å². The Hall–Kier alpha value is -0.135. The van der Waals surface area contributed by atoms with E-state index >= 15 is 0 Å². The molecule has 1 rings (SSSR count). The van der Waals surface area contributed by atoms with E-state index in [4.69, 9.17) is 9.84 Å².